The zero-order valence-corrected chi connectivity index (χ0v) is 16.7. The fourth-order valence-corrected chi connectivity index (χ4v) is 4.23. The third-order valence-electron chi connectivity index (χ3n) is 4.85. The molecule has 148 valence electrons. The first kappa shape index (κ1) is 18.6. The Morgan fingerprint density at radius 2 is 1.67 bits per heavy atom. The molecule has 3 aromatic carbocycles. The summed E-state index contributed by atoms with van der Waals surface area (Å²) in [6.45, 7) is 0.355. The fraction of sp³-hybridized carbons (Fsp3) is 0.0870. The molecule has 0 saturated heterocycles. The number of aromatic nitrogens is 3. The molecule has 0 radical (unpaired) electrons. The van der Waals surface area contributed by atoms with Crippen molar-refractivity contribution < 1.29 is 9.18 Å². The summed E-state index contributed by atoms with van der Waals surface area (Å²) in [4.78, 5) is 22.0. The van der Waals surface area contributed by atoms with Gasteiger partial charge in [0.15, 0.2) is 5.16 Å². The Balaban J connectivity index is 1.43. The van der Waals surface area contributed by atoms with Crippen LogP contribution in [0.4, 0.5) is 4.39 Å². The first-order valence-electron chi connectivity index (χ1n) is 9.49. The normalized spacial score (nSPS) is 11.4. The van der Waals surface area contributed by atoms with Crippen molar-refractivity contribution in [2.75, 3.05) is 5.75 Å². The quantitative estimate of drug-likeness (QED) is 0.336. The lowest BCUT2D eigenvalue weighted by Gasteiger charge is -2.09. The van der Waals surface area contributed by atoms with E-state index in [0.29, 0.717) is 11.7 Å². The molecule has 0 aliphatic heterocycles. The zero-order chi connectivity index (χ0) is 20.5. The van der Waals surface area contributed by atoms with Crippen LogP contribution >= 0.6 is 11.8 Å². The van der Waals surface area contributed by atoms with E-state index in [4.69, 9.17) is 9.97 Å². The van der Waals surface area contributed by atoms with Gasteiger partial charge in [-0.3, -0.25) is 9.20 Å². The number of carbonyl (C=O) groups excluding carboxylic acids is 1. The van der Waals surface area contributed by atoms with Crippen LogP contribution in [0.25, 0.3) is 27.6 Å². The van der Waals surface area contributed by atoms with E-state index in [2.05, 4.69) is 5.32 Å². The molecule has 1 N–H and O–H groups in total. The second-order valence-electron chi connectivity index (χ2n) is 6.86. The number of nitrogens with zero attached hydrogens (tertiary/aromatic N) is 3. The molecule has 30 heavy (non-hydrogen) atoms. The number of thioether (sulfide) groups is 1. The molecular formula is C23H17FN4OS. The molecule has 0 spiro atoms. The van der Waals surface area contributed by atoms with Gasteiger partial charge in [-0.2, -0.15) is 0 Å². The van der Waals surface area contributed by atoms with Crippen molar-refractivity contribution in [2.24, 2.45) is 0 Å². The van der Waals surface area contributed by atoms with Crippen molar-refractivity contribution in [2.45, 2.75) is 11.7 Å². The van der Waals surface area contributed by atoms with Gasteiger partial charge >= 0.3 is 0 Å². The van der Waals surface area contributed by atoms with E-state index in [1.54, 1.807) is 12.1 Å². The number of amides is 1. The molecule has 2 aromatic heterocycles. The van der Waals surface area contributed by atoms with Crippen LogP contribution in [0.15, 0.2) is 78.0 Å². The van der Waals surface area contributed by atoms with E-state index in [-0.39, 0.29) is 17.5 Å². The minimum absolute atomic E-state index is 0.114. The number of imidazole rings is 1. The molecule has 2 heterocycles. The van der Waals surface area contributed by atoms with Crippen molar-refractivity contribution in [1.82, 2.24) is 19.7 Å². The summed E-state index contributed by atoms with van der Waals surface area (Å²) in [6, 6.07) is 21.9. The Hall–Kier alpha value is -3.45. The van der Waals surface area contributed by atoms with Gasteiger partial charge in [-0.15, -0.1) is 0 Å². The SMILES string of the molecule is O=C(CSc1nc2ccccc2c2nc3ccccc3n12)NCc1ccc(F)cc1. The van der Waals surface area contributed by atoms with Crippen LogP contribution in [0.3, 0.4) is 0 Å². The summed E-state index contributed by atoms with van der Waals surface area (Å²) in [6.07, 6.45) is 0. The monoisotopic (exact) mass is 416 g/mol. The molecule has 5 aromatic rings. The number of carbonyl (C=O) groups is 1. The van der Waals surface area contributed by atoms with Gasteiger partial charge in [0.1, 0.15) is 11.5 Å². The van der Waals surface area contributed by atoms with Gasteiger partial charge in [0.25, 0.3) is 0 Å². The molecule has 7 heteroatoms. The highest BCUT2D eigenvalue weighted by Crippen LogP contribution is 2.28. The number of rotatable bonds is 5. The Kier molecular flexibility index (Phi) is 4.80. The smallest absolute Gasteiger partial charge is 0.230 e. The first-order valence-corrected chi connectivity index (χ1v) is 10.5. The maximum Gasteiger partial charge on any atom is 0.230 e. The number of hydrogen-bond acceptors (Lipinski definition) is 4. The molecule has 0 aliphatic rings. The first-order chi connectivity index (χ1) is 14.7. The molecular weight excluding hydrogens is 399 g/mol. The fourth-order valence-electron chi connectivity index (χ4n) is 3.39. The molecule has 0 unspecified atom stereocenters. The lowest BCUT2D eigenvalue weighted by atomic mass is 10.2. The molecule has 5 nitrogen and oxygen atoms in total. The van der Waals surface area contributed by atoms with Crippen molar-refractivity contribution in [3.63, 3.8) is 0 Å². The Morgan fingerprint density at radius 1 is 0.933 bits per heavy atom. The Bertz CT molecular complexity index is 1380. The summed E-state index contributed by atoms with van der Waals surface area (Å²) < 4.78 is 15.0. The maximum atomic E-state index is 13.0. The minimum atomic E-state index is -0.292. The third-order valence-corrected chi connectivity index (χ3v) is 5.79. The van der Waals surface area contributed by atoms with E-state index in [1.165, 1.54) is 23.9 Å². The largest absolute Gasteiger partial charge is 0.351 e. The van der Waals surface area contributed by atoms with E-state index in [0.717, 1.165) is 33.1 Å². The second-order valence-corrected chi connectivity index (χ2v) is 7.81. The van der Waals surface area contributed by atoms with Gasteiger partial charge < -0.3 is 5.32 Å². The van der Waals surface area contributed by atoms with Crippen molar-refractivity contribution in [3.05, 3.63) is 84.2 Å². The minimum Gasteiger partial charge on any atom is -0.351 e. The molecule has 0 saturated carbocycles. The van der Waals surface area contributed by atoms with Crippen LogP contribution < -0.4 is 5.32 Å². The zero-order valence-electron chi connectivity index (χ0n) is 15.9. The highest BCUT2D eigenvalue weighted by Gasteiger charge is 2.15. The molecule has 0 aliphatic carbocycles. The van der Waals surface area contributed by atoms with Gasteiger partial charge in [0.05, 0.1) is 22.3 Å². The predicted octanol–water partition coefficient (Wildman–Crippen LogP) is 4.58. The van der Waals surface area contributed by atoms with E-state index < -0.39 is 0 Å². The highest BCUT2D eigenvalue weighted by molar-refractivity contribution is 7.99. The van der Waals surface area contributed by atoms with Gasteiger partial charge in [0.2, 0.25) is 5.91 Å². The van der Waals surface area contributed by atoms with E-state index in [1.807, 2.05) is 52.9 Å². The molecule has 1 amide bonds. The lowest BCUT2D eigenvalue weighted by Crippen LogP contribution is -2.24. The van der Waals surface area contributed by atoms with Gasteiger partial charge in [-0.05, 0) is 42.0 Å². The van der Waals surface area contributed by atoms with E-state index >= 15 is 0 Å². The summed E-state index contributed by atoms with van der Waals surface area (Å²) in [5.41, 5.74) is 4.37. The average Bonchev–Trinajstić information content (AvgIpc) is 3.17. The predicted molar refractivity (Wildman–Crippen MR) is 117 cm³/mol. The summed E-state index contributed by atoms with van der Waals surface area (Å²) in [5, 5.41) is 4.56. The van der Waals surface area contributed by atoms with E-state index in [9.17, 15) is 9.18 Å². The molecule has 0 fully saturated rings. The summed E-state index contributed by atoms with van der Waals surface area (Å²) >= 11 is 1.37. The number of fused-ring (bicyclic) bond motifs is 5. The number of benzene rings is 3. The topological polar surface area (TPSA) is 59.3 Å². The number of nitrogens with one attached hydrogen (secondary N) is 1. The lowest BCUT2D eigenvalue weighted by molar-refractivity contribution is -0.118. The van der Waals surface area contributed by atoms with Crippen LogP contribution in [-0.2, 0) is 11.3 Å². The van der Waals surface area contributed by atoms with Gasteiger partial charge in [-0.25, -0.2) is 14.4 Å². The summed E-state index contributed by atoms with van der Waals surface area (Å²) in [7, 11) is 0. The van der Waals surface area contributed by atoms with Crippen LogP contribution in [-0.4, -0.2) is 26.0 Å². The average molecular weight is 416 g/mol. The number of halogens is 1. The Labute approximate surface area is 176 Å². The Morgan fingerprint density at radius 3 is 2.50 bits per heavy atom. The van der Waals surface area contributed by atoms with Crippen molar-refractivity contribution in [1.29, 1.82) is 0 Å². The van der Waals surface area contributed by atoms with Crippen molar-refractivity contribution >= 4 is 45.3 Å². The van der Waals surface area contributed by atoms with Gasteiger partial charge in [-0.1, -0.05) is 48.2 Å². The molecule has 0 bridgehead atoms. The van der Waals surface area contributed by atoms with Crippen LogP contribution in [0.2, 0.25) is 0 Å². The standard InChI is InChI=1S/C23H17FN4OS/c24-16-11-9-15(10-12-16)13-25-21(29)14-30-23-27-18-6-2-1-5-17(18)22-26-19-7-3-4-8-20(19)28(22)23/h1-12H,13-14H2,(H,25,29). The van der Waals surface area contributed by atoms with Crippen LogP contribution in [0, 0.1) is 5.82 Å². The highest BCUT2D eigenvalue weighted by atomic mass is 32.2. The number of hydrogen-bond donors (Lipinski definition) is 1. The number of para-hydroxylation sites is 3. The third kappa shape index (κ3) is 3.48. The van der Waals surface area contributed by atoms with Crippen LogP contribution in [0.5, 0.6) is 0 Å². The van der Waals surface area contributed by atoms with Crippen LogP contribution in [0.1, 0.15) is 5.56 Å². The maximum absolute atomic E-state index is 13.0. The summed E-state index contributed by atoms with van der Waals surface area (Å²) in [5.74, 6) is -0.190. The second kappa shape index (κ2) is 7.76. The van der Waals surface area contributed by atoms with Gasteiger partial charge in [0, 0.05) is 11.9 Å². The molecule has 5 rings (SSSR count). The van der Waals surface area contributed by atoms with Crippen molar-refractivity contribution in [3.8, 4) is 0 Å². The molecule has 0 atom stereocenters.